The minimum atomic E-state index is 0.520. The van der Waals surface area contributed by atoms with Crippen LogP contribution in [0.15, 0.2) is 18.3 Å². The molecule has 1 aliphatic rings. The number of pyridine rings is 1. The highest BCUT2D eigenvalue weighted by molar-refractivity contribution is 5.51. The molecular weight excluding hydrogens is 226 g/mol. The lowest BCUT2D eigenvalue weighted by molar-refractivity contribution is 0.218. The first kappa shape index (κ1) is 11.5. The fourth-order valence-electron chi connectivity index (χ4n) is 2.71. The van der Waals surface area contributed by atoms with Crippen molar-refractivity contribution in [2.75, 3.05) is 25.4 Å². The van der Waals surface area contributed by atoms with Crippen molar-refractivity contribution >= 4 is 11.3 Å². The lowest BCUT2D eigenvalue weighted by Crippen LogP contribution is -2.33. The van der Waals surface area contributed by atoms with Crippen LogP contribution < -0.4 is 5.73 Å². The van der Waals surface area contributed by atoms with Crippen LogP contribution >= 0.6 is 0 Å². The van der Waals surface area contributed by atoms with Gasteiger partial charge in [-0.3, -0.25) is 4.40 Å². The van der Waals surface area contributed by atoms with Crippen molar-refractivity contribution < 1.29 is 0 Å². The summed E-state index contributed by atoms with van der Waals surface area (Å²) in [5.41, 5.74) is 7.35. The average molecular weight is 245 g/mol. The Balaban J connectivity index is 1.87. The van der Waals surface area contributed by atoms with Crippen LogP contribution in [0.4, 0.5) is 5.69 Å². The second-order valence-electron chi connectivity index (χ2n) is 4.96. The maximum atomic E-state index is 5.76. The van der Waals surface area contributed by atoms with E-state index in [0.29, 0.717) is 5.92 Å². The van der Waals surface area contributed by atoms with Gasteiger partial charge in [-0.05, 0) is 38.5 Å². The molecule has 0 radical (unpaired) electrons. The van der Waals surface area contributed by atoms with Crippen LogP contribution in [0.2, 0.25) is 0 Å². The number of anilines is 1. The molecule has 3 heterocycles. The molecule has 1 fully saturated rings. The Labute approximate surface area is 107 Å². The van der Waals surface area contributed by atoms with E-state index in [1.165, 1.54) is 12.8 Å². The molecule has 18 heavy (non-hydrogen) atoms. The van der Waals surface area contributed by atoms with Crippen molar-refractivity contribution in [2.45, 2.75) is 25.7 Å². The van der Waals surface area contributed by atoms with E-state index >= 15 is 0 Å². The number of nitrogens with zero attached hydrogens (tertiary/aromatic N) is 4. The molecule has 96 valence electrons. The Morgan fingerprint density at radius 2 is 2.11 bits per heavy atom. The number of hydrogen-bond acceptors (Lipinski definition) is 4. The number of aromatic nitrogens is 3. The van der Waals surface area contributed by atoms with Crippen LogP contribution in [-0.2, 0) is 0 Å². The second-order valence-corrected chi connectivity index (χ2v) is 4.96. The average Bonchev–Trinajstić information content (AvgIpc) is 2.81. The van der Waals surface area contributed by atoms with Crippen LogP contribution in [0, 0.1) is 0 Å². The third kappa shape index (κ3) is 1.95. The zero-order valence-corrected chi connectivity index (χ0v) is 10.7. The van der Waals surface area contributed by atoms with Crippen LogP contribution in [0.5, 0.6) is 0 Å². The molecule has 2 N–H and O–H groups in total. The summed E-state index contributed by atoms with van der Waals surface area (Å²) in [5.74, 6) is 1.60. The lowest BCUT2D eigenvalue weighted by atomic mass is 9.96. The van der Waals surface area contributed by atoms with E-state index in [-0.39, 0.29) is 0 Å². The van der Waals surface area contributed by atoms with Gasteiger partial charge in [0.05, 0.1) is 0 Å². The van der Waals surface area contributed by atoms with Crippen LogP contribution in [0.3, 0.4) is 0 Å². The van der Waals surface area contributed by atoms with E-state index < -0.39 is 0 Å². The largest absolute Gasteiger partial charge is 0.399 e. The monoisotopic (exact) mass is 245 g/mol. The number of nitrogens with two attached hydrogens (primary N) is 1. The molecule has 2 aromatic heterocycles. The first-order chi connectivity index (χ1) is 8.78. The van der Waals surface area contributed by atoms with Crippen molar-refractivity contribution in [1.29, 1.82) is 0 Å². The zero-order valence-electron chi connectivity index (χ0n) is 10.7. The van der Waals surface area contributed by atoms with Gasteiger partial charge in [-0.25, -0.2) is 0 Å². The molecule has 0 bridgehead atoms. The zero-order chi connectivity index (χ0) is 12.5. The maximum absolute atomic E-state index is 5.76. The molecule has 0 amide bonds. The number of likely N-dealkylation sites (tertiary alicyclic amines) is 1. The molecule has 1 saturated heterocycles. The fourth-order valence-corrected chi connectivity index (χ4v) is 2.71. The highest BCUT2D eigenvalue weighted by Crippen LogP contribution is 2.27. The fraction of sp³-hybridized carbons (Fsp3) is 0.538. The summed E-state index contributed by atoms with van der Waals surface area (Å²) >= 11 is 0. The van der Waals surface area contributed by atoms with Gasteiger partial charge in [0.2, 0.25) is 0 Å². The summed E-state index contributed by atoms with van der Waals surface area (Å²) < 4.78 is 2.07. The number of piperidine rings is 1. The van der Waals surface area contributed by atoms with E-state index in [1.54, 1.807) is 0 Å². The van der Waals surface area contributed by atoms with Gasteiger partial charge in [-0.15, -0.1) is 10.2 Å². The molecule has 0 spiro atoms. The van der Waals surface area contributed by atoms with Gasteiger partial charge in [-0.2, -0.15) is 0 Å². The molecule has 1 aliphatic heterocycles. The highest BCUT2D eigenvalue weighted by Gasteiger charge is 2.23. The van der Waals surface area contributed by atoms with Crippen molar-refractivity contribution in [2.24, 2.45) is 0 Å². The summed E-state index contributed by atoms with van der Waals surface area (Å²) in [4.78, 5) is 2.48. The molecule has 5 heteroatoms. The number of hydrogen-bond donors (Lipinski definition) is 1. The first-order valence-corrected chi connectivity index (χ1v) is 6.60. The molecule has 0 saturated carbocycles. The quantitative estimate of drug-likeness (QED) is 0.871. The molecule has 3 rings (SSSR count). The standard InChI is InChI=1S/C13H19N5/c1-2-17-6-3-10(4-7-17)13-16-15-12-9-11(14)5-8-18(12)13/h5,8-10H,2-4,6-7,14H2,1H3. The summed E-state index contributed by atoms with van der Waals surface area (Å²) in [7, 11) is 0. The van der Waals surface area contributed by atoms with E-state index in [0.717, 1.165) is 36.8 Å². The SMILES string of the molecule is CCN1CCC(c2nnc3cc(N)ccn23)CC1. The van der Waals surface area contributed by atoms with Crippen molar-refractivity contribution in [3.8, 4) is 0 Å². The Hall–Kier alpha value is -1.62. The van der Waals surface area contributed by atoms with Gasteiger partial charge in [0.1, 0.15) is 5.82 Å². The van der Waals surface area contributed by atoms with Crippen molar-refractivity contribution in [3.05, 3.63) is 24.2 Å². The number of fused-ring (bicyclic) bond motifs is 1. The topological polar surface area (TPSA) is 59.5 Å². The smallest absolute Gasteiger partial charge is 0.162 e. The Morgan fingerprint density at radius 3 is 2.83 bits per heavy atom. The Kier molecular flexibility index (Phi) is 2.91. The molecule has 0 aliphatic carbocycles. The van der Waals surface area contributed by atoms with Gasteiger partial charge >= 0.3 is 0 Å². The number of rotatable bonds is 2. The first-order valence-electron chi connectivity index (χ1n) is 6.60. The van der Waals surface area contributed by atoms with E-state index in [4.69, 9.17) is 5.73 Å². The highest BCUT2D eigenvalue weighted by atomic mass is 15.3. The predicted molar refractivity (Wildman–Crippen MR) is 71.5 cm³/mol. The van der Waals surface area contributed by atoms with Gasteiger partial charge < -0.3 is 10.6 Å². The summed E-state index contributed by atoms with van der Waals surface area (Å²) in [5, 5.41) is 8.56. The Bertz CT molecular complexity index is 539. The molecule has 2 aromatic rings. The molecule has 5 nitrogen and oxygen atoms in total. The maximum Gasteiger partial charge on any atom is 0.162 e. The predicted octanol–water partition coefficient (Wildman–Crippen LogP) is 1.51. The van der Waals surface area contributed by atoms with Crippen LogP contribution in [0.1, 0.15) is 31.5 Å². The van der Waals surface area contributed by atoms with E-state index in [9.17, 15) is 0 Å². The van der Waals surface area contributed by atoms with Gasteiger partial charge in [-0.1, -0.05) is 6.92 Å². The van der Waals surface area contributed by atoms with Crippen molar-refractivity contribution in [1.82, 2.24) is 19.5 Å². The molecule has 0 aromatic carbocycles. The van der Waals surface area contributed by atoms with Crippen LogP contribution in [0.25, 0.3) is 5.65 Å². The molecular formula is C13H19N5. The third-order valence-corrected chi connectivity index (χ3v) is 3.86. The van der Waals surface area contributed by atoms with E-state index in [2.05, 4.69) is 26.4 Å². The summed E-state index contributed by atoms with van der Waals surface area (Å²) in [6.07, 6.45) is 4.31. The van der Waals surface area contributed by atoms with Gasteiger partial charge in [0.15, 0.2) is 5.65 Å². The summed E-state index contributed by atoms with van der Waals surface area (Å²) in [6, 6.07) is 3.78. The van der Waals surface area contributed by atoms with Gasteiger partial charge in [0.25, 0.3) is 0 Å². The molecule has 0 atom stereocenters. The third-order valence-electron chi connectivity index (χ3n) is 3.86. The van der Waals surface area contributed by atoms with Crippen LogP contribution in [-0.4, -0.2) is 39.1 Å². The Morgan fingerprint density at radius 1 is 1.33 bits per heavy atom. The van der Waals surface area contributed by atoms with Gasteiger partial charge in [0, 0.05) is 23.9 Å². The number of nitrogen functional groups attached to an aromatic ring is 1. The normalized spacial score (nSPS) is 18.5. The van der Waals surface area contributed by atoms with Crippen molar-refractivity contribution in [3.63, 3.8) is 0 Å². The minimum absolute atomic E-state index is 0.520. The summed E-state index contributed by atoms with van der Waals surface area (Å²) in [6.45, 7) is 5.68. The second kappa shape index (κ2) is 4.57. The van der Waals surface area contributed by atoms with E-state index in [1.807, 2.05) is 18.3 Å². The minimum Gasteiger partial charge on any atom is -0.399 e. The molecule has 0 unspecified atom stereocenters. The lowest BCUT2D eigenvalue weighted by Gasteiger charge is -2.30.